The van der Waals surface area contributed by atoms with Crippen molar-refractivity contribution in [1.29, 1.82) is 0 Å². The van der Waals surface area contributed by atoms with Crippen LogP contribution in [0, 0.1) is 11.8 Å². The quantitative estimate of drug-likeness (QED) is 0.861. The topological polar surface area (TPSA) is 67.9 Å². The van der Waals surface area contributed by atoms with Crippen molar-refractivity contribution in [3.05, 3.63) is 0 Å². The van der Waals surface area contributed by atoms with Crippen LogP contribution < -0.4 is 5.32 Å². The summed E-state index contributed by atoms with van der Waals surface area (Å²) in [7, 11) is 0. The minimum atomic E-state index is -0.521. The molecule has 23 heavy (non-hydrogen) atoms. The Labute approximate surface area is 138 Å². The number of ether oxygens (including phenoxy) is 2. The van der Waals surface area contributed by atoms with Crippen molar-refractivity contribution in [2.45, 2.75) is 65.0 Å². The zero-order valence-electron chi connectivity index (χ0n) is 14.8. The molecule has 2 amide bonds. The molecule has 0 aromatic carbocycles. The number of hydrogen-bond donors (Lipinski definition) is 1. The van der Waals surface area contributed by atoms with Gasteiger partial charge in [-0.15, -0.1) is 0 Å². The second kappa shape index (κ2) is 7.41. The number of piperidine rings is 1. The lowest BCUT2D eigenvalue weighted by Crippen LogP contribution is -2.53. The average molecular weight is 326 g/mol. The molecule has 2 atom stereocenters. The zero-order valence-corrected chi connectivity index (χ0v) is 14.8. The Kier molecular flexibility index (Phi) is 5.76. The smallest absolute Gasteiger partial charge is 0.409 e. The predicted molar refractivity (Wildman–Crippen MR) is 87.2 cm³/mol. The number of hydrogen-bond acceptors (Lipinski definition) is 4. The molecule has 6 nitrogen and oxygen atoms in total. The Hall–Kier alpha value is -1.46. The summed E-state index contributed by atoms with van der Waals surface area (Å²) < 4.78 is 10.5. The van der Waals surface area contributed by atoms with E-state index in [1.807, 2.05) is 20.8 Å². The average Bonchev–Trinajstić information content (AvgIpc) is 3.20. The van der Waals surface area contributed by atoms with Crippen LogP contribution >= 0.6 is 0 Å². The fourth-order valence-corrected chi connectivity index (χ4v) is 3.14. The number of nitrogens with zero attached hydrogens (tertiary/aromatic N) is 1. The molecule has 1 N–H and O–H groups in total. The highest BCUT2D eigenvalue weighted by Crippen LogP contribution is 2.37. The van der Waals surface area contributed by atoms with E-state index in [4.69, 9.17) is 9.47 Å². The standard InChI is InChI=1S/C17H30N2O4/c1-5-22-16(21)19-10-13(8-12-6-7-12)9-14(11-19)18-15(20)23-17(2,3)4/h12-14H,5-11H2,1-4H3,(H,18,20). The number of nitrogens with one attached hydrogen (secondary N) is 1. The van der Waals surface area contributed by atoms with Crippen LogP contribution in [0.5, 0.6) is 0 Å². The number of rotatable bonds is 4. The lowest BCUT2D eigenvalue weighted by atomic mass is 9.90. The van der Waals surface area contributed by atoms with E-state index in [0.717, 1.165) is 25.3 Å². The van der Waals surface area contributed by atoms with Gasteiger partial charge in [0.25, 0.3) is 0 Å². The van der Waals surface area contributed by atoms with Gasteiger partial charge in [-0.1, -0.05) is 12.8 Å². The van der Waals surface area contributed by atoms with E-state index in [9.17, 15) is 9.59 Å². The van der Waals surface area contributed by atoms with Gasteiger partial charge >= 0.3 is 12.2 Å². The Bertz CT molecular complexity index is 429. The molecular weight excluding hydrogens is 296 g/mol. The first kappa shape index (κ1) is 17.9. The van der Waals surface area contributed by atoms with Crippen LogP contribution in [0.25, 0.3) is 0 Å². The summed E-state index contributed by atoms with van der Waals surface area (Å²) in [4.78, 5) is 25.8. The minimum absolute atomic E-state index is 0.0771. The number of alkyl carbamates (subject to hydrolysis) is 1. The molecular formula is C17H30N2O4. The maximum absolute atomic E-state index is 12.1. The molecule has 6 heteroatoms. The highest BCUT2D eigenvalue weighted by atomic mass is 16.6. The molecule has 2 fully saturated rings. The molecule has 0 aromatic rings. The van der Waals surface area contributed by atoms with Crippen molar-refractivity contribution in [2.24, 2.45) is 11.8 Å². The molecule has 0 spiro atoms. The Balaban J connectivity index is 1.93. The number of carbonyl (C=O) groups excluding carboxylic acids is 2. The fourth-order valence-electron chi connectivity index (χ4n) is 3.14. The molecule has 132 valence electrons. The second-order valence-corrected chi connectivity index (χ2v) is 7.73. The van der Waals surface area contributed by atoms with Gasteiger partial charge in [0.1, 0.15) is 5.60 Å². The van der Waals surface area contributed by atoms with Gasteiger partial charge < -0.3 is 19.7 Å². The Morgan fingerprint density at radius 1 is 1.17 bits per heavy atom. The first-order valence-corrected chi connectivity index (χ1v) is 8.68. The summed E-state index contributed by atoms with van der Waals surface area (Å²) in [5.74, 6) is 1.21. The van der Waals surface area contributed by atoms with E-state index < -0.39 is 11.7 Å². The molecule has 2 unspecified atom stereocenters. The summed E-state index contributed by atoms with van der Waals surface area (Å²) in [6.45, 7) is 8.91. The van der Waals surface area contributed by atoms with Gasteiger partial charge in [0.05, 0.1) is 12.6 Å². The number of amides is 2. The highest BCUT2D eigenvalue weighted by molar-refractivity contribution is 5.69. The first-order chi connectivity index (χ1) is 10.8. The molecule has 0 radical (unpaired) electrons. The molecule has 0 aromatic heterocycles. The summed E-state index contributed by atoms with van der Waals surface area (Å²) in [5.41, 5.74) is -0.521. The van der Waals surface area contributed by atoms with Crippen molar-refractivity contribution in [3.63, 3.8) is 0 Å². The fraction of sp³-hybridized carbons (Fsp3) is 0.882. The number of carbonyl (C=O) groups is 2. The summed E-state index contributed by atoms with van der Waals surface area (Å²) >= 11 is 0. The van der Waals surface area contributed by atoms with Crippen LogP contribution in [0.1, 0.15) is 53.4 Å². The first-order valence-electron chi connectivity index (χ1n) is 8.68. The van der Waals surface area contributed by atoms with Crippen LogP contribution in [0.15, 0.2) is 0 Å². The van der Waals surface area contributed by atoms with Gasteiger partial charge in [-0.05, 0) is 52.4 Å². The van der Waals surface area contributed by atoms with Crippen LogP contribution in [-0.2, 0) is 9.47 Å². The summed E-state index contributed by atoms with van der Waals surface area (Å²) in [5, 5.41) is 2.92. The van der Waals surface area contributed by atoms with Crippen molar-refractivity contribution < 1.29 is 19.1 Å². The largest absolute Gasteiger partial charge is 0.450 e. The lowest BCUT2D eigenvalue weighted by molar-refractivity contribution is 0.0417. The molecule has 1 aliphatic heterocycles. The van der Waals surface area contributed by atoms with E-state index in [0.29, 0.717) is 19.1 Å². The van der Waals surface area contributed by atoms with Gasteiger partial charge in [-0.2, -0.15) is 0 Å². The van der Waals surface area contributed by atoms with Gasteiger partial charge in [0.15, 0.2) is 0 Å². The second-order valence-electron chi connectivity index (χ2n) is 7.73. The van der Waals surface area contributed by atoms with Gasteiger partial charge in [-0.25, -0.2) is 9.59 Å². The van der Waals surface area contributed by atoms with E-state index in [1.54, 1.807) is 11.8 Å². The normalized spacial score (nSPS) is 25.0. The van der Waals surface area contributed by atoms with Crippen LogP contribution in [-0.4, -0.2) is 48.4 Å². The molecule has 1 heterocycles. The molecule has 2 rings (SSSR count). The third kappa shape index (κ3) is 6.28. The maximum Gasteiger partial charge on any atom is 0.409 e. The molecule has 1 saturated carbocycles. The van der Waals surface area contributed by atoms with Crippen LogP contribution in [0.2, 0.25) is 0 Å². The van der Waals surface area contributed by atoms with Crippen LogP contribution in [0.3, 0.4) is 0 Å². The van der Waals surface area contributed by atoms with Crippen molar-refractivity contribution in [3.8, 4) is 0 Å². The van der Waals surface area contributed by atoms with E-state index in [2.05, 4.69) is 5.32 Å². The van der Waals surface area contributed by atoms with E-state index in [1.165, 1.54) is 12.8 Å². The predicted octanol–water partition coefficient (Wildman–Crippen LogP) is 3.16. The lowest BCUT2D eigenvalue weighted by Gasteiger charge is -2.37. The summed E-state index contributed by atoms with van der Waals surface area (Å²) in [6, 6.07) is -0.0771. The van der Waals surface area contributed by atoms with Gasteiger partial charge in [0.2, 0.25) is 0 Å². The molecule has 0 bridgehead atoms. The van der Waals surface area contributed by atoms with E-state index >= 15 is 0 Å². The van der Waals surface area contributed by atoms with Crippen molar-refractivity contribution in [1.82, 2.24) is 10.2 Å². The third-order valence-corrected chi connectivity index (χ3v) is 4.15. The SMILES string of the molecule is CCOC(=O)N1CC(CC2CC2)CC(NC(=O)OC(C)(C)C)C1. The third-order valence-electron chi connectivity index (χ3n) is 4.15. The maximum atomic E-state index is 12.1. The van der Waals surface area contributed by atoms with E-state index in [-0.39, 0.29) is 12.1 Å². The van der Waals surface area contributed by atoms with Crippen LogP contribution in [0.4, 0.5) is 9.59 Å². The number of likely N-dealkylation sites (tertiary alicyclic amines) is 1. The van der Waals surface area contributed by atoms with Crippen molar-refractivity contribution >= 4 is 12.2 Å². The van der Waals surface area contributed by atoms with Gasteiger partial charge in [0, 0.05) is 13.1 Å². The minimum Gasteiger partial charge on any atom is -0.450 e. The van der Waals surface area contributed by atoms with Crippen molar-refractivity contribution in [2.75, 3.05) is 19.7 Å². The van der Waals surface area contributed by atoms with Gasteiger partial charge in [-0.3, -0.25) is 0 Å². The Morgan fingerprint density at radius 3 is 2.43 bits per heavy atom. The summed E-state index contributed by atoms with van der Waals surface area (Å²) in [6.07, 6.45) is 3.90. The molecule has 1 saturated heterocycles. The zero-order chi connectivity index (χ0) is 17.0. The molecule has 1 aliphatic carbocycles. The monoisotopic (exact) mass is 326 g/mol. The molecule has 2 aliphatic rings. The highest BCUT2D eigenvalue weighted by Gasteiger charge is 2.35. The Morgan fingerprint density at radius 2 is 1.87 bits per heavy atom.